The number of hydrogen-bond acceptors (Lipinski definition) is 5. The molecule has 0 amide bonds. The van der Waals surface area contributed by atoms with Crippen LogP contribution in [0.3, 0.4) is 0 Å². The highest BCUT2D eigenvalue weighted by molar-refractivity contribution is 5.85. The van der Waals surface area contributed by atoms with Gasteiger partial charge in [-0.2, -0.15) is 0 Å². The Hall–Kier alpha value is -3.44. The summed E-state index contributed by atoms with van der Waals surface area (Å²) in [4.78, 5) is 2.23. The Morgan fingerprint density at radius 3 is 2.26 bits per heavy atom. The first-order valence-corrected chi connectivity index (χ1v) is 10.2. The Labute approximate surface area is 183 Å². The van der Waals surface area contributed by atoms with Crippen molar-refractivity contribution in [2.24, 2.45) is 5.73 Å². The fraction of sp³-hybridized carbons (Fsp3) is 0.231. The highest BCUT2D eigenvalue weighted by atomic mass is 16.5. The zero-order valence-electron chi connectivity index (χ0n) is 18.4. The second-order valence-corrected chi connectivity index (χ2v) is 7.54. The molecule has 31 heavy (non-hydrogen) atoms. The van der Waals surface area contributed by atoms with E-state index >= 15 is 0 Å². The smallest absolute Gasteiger partial charge is 0.161 e. The van der Waals surface area contributed by atoms with Crippen molar-refractivity contribution in [3.63, 3.8) is 0 Å². The third-order valence-electron chi connectivity index (χ3n) is 5.84. The Bertz CT molecular complexity index is 1110. The molecule has 0 aromatic heterocycles. The molecule has 1 aliphatic rings. The van der Waals surface area contributed by atoms with Gasteiger partial charge in [-0.15, -0.1) is 0 Å². The van der Waals surface area contributed by atoms with Crippen molar-refractivity contribution in [1.29, 1.82) is 0 Å². The van der Waals surface area contributed by atoms with E-state index in [1.165, 1.54) is 0 Å². The third-order valence-corrected chi connectivity index (χ3v) is 5.84. The van der Waals surface area contributed by atoms with Crippen LogP contribution < -0.4 is 19.9 Å². The molecule has 3 aromatic carbocycles. The summed E-state index contributed by atoms with van der Waals surface area (Å²) in [6.45, 7) is 2.78. The van der Waals surface area contributed by atoms with E-state index in [2.05, 4.69) is 48.2 Å². The SMILES string of the molecule is COc1ccc2c(c1)C(c1ccccc1)=C(C)N(Cc1ccc(OC)c(OC)c1)C2N. The van der Waals surface area contributed by atoms with Gasteiger partial charge in [0.1, 0.15) is 11.9 Å². The second-order valence-electron chi connectivity index (χ2n) is 7.54. The van der Waals surface area contributed by atoms with Gasteiger partial charge in [-0.3, -0.25) is 0 Å². The van der Waals surface area contributed by atoms with Gasteiger partial charge in [0.2, 0.25) is 0 Å². The van der Waals surface area contributed by atoms with Gasteiger partial charge >= 0.3 is 0 Å². The lowest BCUT2D eigenvalue weighted by molar-refractivity contribution is 0.248. The summed E-state index contributed by atoms with van der Waals surface area (Å²) in [7, 11) is 4.98. The summed E-state index contributed by atoms with van der Waals surface area (Å²) >= 11 is 0. The summed E-state index contributed by atoms with van der Waals surface area (Å²) in [6, 6.07) is 22.5. The van der Waals surface area contributed by atoms with E-state index in [9.17, 15) is 0 Å². The summed E-state index contributed by atoms with van der Waals surface area (Å²) in [5, 5.41) is 0. The van der Waals surface area contributed by atoms with E-state index in [0.717, 1.165) is 39.3 Å². The maximum absolute atomic E-state index is 6.78. The lowest BCUT2D eigenvalue weighted by Gasteiger charge is -2.39. The summed E-state index contributed by atoms with van der Waals surface area (Å²) in [5.74, 6) is 2.24. The summed E-state index contributed by atoms with van der Waals surface area (Å²) < 4.78 is 16.4. The van der Waals surface area contributed by atoms with Gasteiger partial charge in [0.25, 0.3) is 0 Å². The Morgan fingerprint density at radius 1 is 0.839 bits per heavy atom. The first kappa shape index (κ1) is 20.8. The molecule has 0 spiro atoms. The van der Waals surface area contributed by atoms with E-state index in [1.807, 2.05) is 30.3 Å². The maximum atomic E-state index is 6.78. The molecule has 5 nitrogen and oxygen atoms in total. The maximum Gasteiger partial charge on any atom is 0.161 e. The molecule has 1 heterocycles. The van der Waals surface area contributed by atoms with Crippen LogP contribution in [0.5, 0.6) is 17.2 Å². The van der Waals surface area contributed by atoms with Crippen LogP contribution >= 0.6 is 0 Å². The molecule has 160 valence electrons. The van der Waals surface area contributed by atoms with Gasteiger partial charge in [-0.1, -0.05) is 42.5 Å². The Balaban J connectivity index is 1.82. The molecule has 0 saturated carbocycles. The largest absolute Gasteiger partial charge is 0.497 e. The molecule has 1 atom stereocenters. The van der Waals surface area contributed by atoms with Crippen molar-refractivity contribution in [3.8, 4) is 17.2 Å². The second kappa shape index (κ2) is 8.74. The summed E-state index contributed by atoms with van der Waals surface area (Å²) in [6.07, 6.45) is -0.276. The predicted molar refractivity (Wildman–Crippen MR) is 123 cm³/mol. The molecule has 0 bridgehead atoms. The van der Waals surface area contributed by atoms with Crippen molar-refractivity contribution in [2.75, 3.05) is 21.3 Å². The van der Waals surface area contributed by atoms with Crippen molar-refractivity contribution in [3.05, 3.63) is 94.7 Å². The van der Waals surface area contributed by atoms with Crippen LogP contribution in [0.2, 0.25) is 0 Å². The van der Waals surface area contributed by atoms with E-state index in [-0.39, 0.29) is 6.17 Å². The molecule has 3 aromatic rings. The summed E-state index contributed by atoms with van der Waals surface area (Å²) in [5.41, 5.74) is 13.5. The lowest BCUT2D eigenvalue weighted by Crippen LogP contribution is -2.36. The van der Waals surface area contributed by atoms with Crippen molar-refractivity contribution in [2.45, 2.75) is 19.6 Å². The van der Waals surface area contributed by atoms with Crippen molar-refractivity contribution >= 4 is 5.57 Å². The molecule has 0 aliphatic carbocycles. The molecule has 1 unspecified atom stereocenters. The van der Waals surface area contributed by atoms with Gasteiger partial charge in [0, 0.05) is 17.8 Å². The number of fused-ring (bicyclic) bond motifs is 1. The molecular formula is C26H28N2O3. The highest BCUT2D eigenvalue weighted by Crippen LogP contribution is 2.42. The number of hydrogen-bond donors (Lipinski definition) is 1. The van der Waals surface area contributed by atoms with Gasteiger partial charge in [-0.05, 0) is 53.4 Å². The minimum absolute atomic E-state index is 0.276. The van der Waals surface area contributed by atoms with Gasteiger partial charge in [0.15, 0.2) is 11.5 Å². The van der Waals surface area contributed by atoms with Crippen LogP contribution in [0.4, 0.5) is 0 Å². The fourth-order valence-electron chi connectivity index (χ4n) is 4.21. The van der Waals surface area contributed by atoms with Crippen LogP contribution in [-0.4, -0.2) is 26.2 Å². The van der Waals surface area contributed by atoms with Crippen LogP contribution in [0.1, 0.15) is 35.3 Å². The molecule has 4 rings (SSSR count). The number of allylic oxidation sites excluding steroid dienone is 1. The first-order valence-electron chi connectivity index (χ1n) is 10.2. The third kappa shape index (κ3) is 3.84. The molecular weight excluding hydrogens is 388 g/mol. The predicted octanol–water partition coefficient (Wildman–Crippen LogP) is 4.96. The molecule has 0 fully saturated rings. The minimum Gasteiger partial charge on any atom is -0.497 e. The number of rotatable bonds is 6. The lowest BCUT2D eigenvalue weighted by atomic mass is 9.87. The molecule has 1 aliphatic heterocycles. The topological polar surface area (TPSA) is 57.0 Å². The molecule has 2 N–H and O–H groups in total. The van der Waals surface area contributed by atoms with E-state index < -0.39 is 0 Å². The number of methoxy groups -OCH3 is 3. The van der Waals surface area contributed by atoms with E-state index in [4.69, 9.17) is 19.9 Å². The fourth-order valence-corrected chi connectivity index (χ4v) is 4.21. The van der Waals surface area contributed by atoms with Gasteiger partial charge < -0.3 is 24.8 Å². The van der Waals surface area contributed by atoms with Gasteiger partial charge in [0.05, 0.1) is 21.3 Å². The average Bonchev–Trinajstić information content (AvgIpc) is 2.82. The number of ether oxygens (including phenoxy) is 3. The number of benzene rings is 3. The minimum atomic E-state index is -0.276. The highest BCUT2D eigenvalue weighted by Gasteiger charge is 2.30. The Kier molecular flexibility index (Phi) is 5.87. The first-order chi connectivity index (χ1) is 15.1. The van der Waals surface area contributed by atoms with E-state index in [1.54, 1.807) is 21.3 Å². The monoisotopic (exact) mass is 416 g/mol. The molecule has 0 saturated heterocycles. The van der Waals surface area contributed by atoms with Crippen LogP contribution in [-0.2, 0) is 6.54 Å². The van der Waals surface area contributed by atoms with Crippen LogP contribution in [0.15, 0.2) is 72.4 Å². The standard InChI is InChI=1S/C26H28N2O3/c1-17-25(19-8-6-5-7-9-19)22-15-20(29-2)11-12-21(22)26(27)28(17)16-18-10-13-23(30-3)24(14-18)31-4/h5-15,26H,16,27H2,1-4H3. The molecule has 5 heteroatoms. The molecule has 0 radical (unpaired) electrons. The van der Waals surface area contributed by atoms with Crippen LogP contribution in [0.25, 0.3) is 5.57 Å². The van der Waals surface area contributed by atoms with Gasteiger partial charge in [-0.25, -0.2) is 0 Å². The average molecular weight is 417 g/mol. The van der Waals surface area contributed by atoms with E-state index in [0.29, 0.717) is 18.0 Å². The quantitative estimate of drug-likeness (QED) is 0.615. The number of nitrogens with zero attached hydrogens (tertiary/aromatic N) is 1. The normalized spacial score (nSPS) is 15.5. The van der Waals surface area contributed by atoms with Crippen LogP contribution in [0, 0.1) is 0 Å². The zero-order valence-corrected chi connectivity index (χ0v) is 18.4. The number of nitrogens with two attached hydrogens (primary N) is 1. The van der Waals surface area contributed by atoms with Crippen molar-refractivity contribution in [1.82, 2.24) is 4.90 Å². The zero-order chi connectivity index (χ0) is 22.0. The van der Waals surface area contributed by atoms with Crippen molar-refractivity contribution < 1.29 is 14.2 Å². The Morgan fingerprint density at radius 2 is 1.58 bits per heavy atom.